The maximum absolute atomic E-state index is 10.3. The quantitative estimate of drug-likeness (QED) is 0.372. The van der Waals surface area contributed by atoms with Crippen molar-refractivity contribution in [2.45, 2.75) is 58.0 Å². The lowest BCUT2D eigenvalue weighted by molar-refractivity contribution is -0.137. The molecule has 0 saturated heterocycles. The smallest absolute Gasteiger partial charge is 0.303 e. The molecule has 0 bridgehead atoms. The van der Waals surface area contributed by atoms with Crippen LogP contribution in [-0.2, 0) is 4.79 Å². The number of aliphatic carboxylic acids is 1. The van der Waals surface area contributed by atoms with Gasteiger partial charge in [0.1, 0.15) is 0 Å². The minimum atomic E-state index is -0.726. The predicted molar refractivity (Wildman–Crippen MR) is 97.3 cm³/mol. The fourth-order valence-electron chi connectivity index (χ4n) is 1.75. The van der Waals surface area contributed by atoms with Gasteiger partial charge in [0.25, 0.3) is 0 Å². The molecule has 0 aliphatic rings. The lowest BCUT2D eigenvalue weighted by atomic mass is 10.2. The van der Waals surface area contributed by atoms with Crippen LogP contribution in [0.1, 0.15) is 51.9 Å². The molecule has 0 aliphatic heterocycles. The van der Waals surface area contributed by atoms with Gasteiger partial charge in [-0.2, -0.15) is 0 Å². The first-order chi connectivity index (χ1) is 11.1. The second kappa shape index (κ2) is 16.5. The Morgan fingerprint density at radius 1 is 0.826 bits per heavy atom. The average molecular weight is 318 g/mol. The molecule has 2 N–H and O–H groups in total. The Balaban J connectivity index is 3.50. The molecule has 0 aromatic rings. The molecule has 3 heteroatoms. The van der Waals surface area contributed by atoms with E-state index in [-0.39, 0.29) is 12.5 Å². The van der Waals surface area contributed by atoms with Crippen molar-refractivity contribution in [2.24, 2.45) is 0 Å². The van der Waals surface area contributed by atoms with Gasteiger partial charge in [-0.15, -0.1) is 0 Å². The zero-order valence-electron chi connectivity index (χ0n) is 14.1. The Morgan fingerprint density at radius 2 is 1.26 bits per heavy atom. The molecule has 0 spiro atoms. The number of unbranched alkanes of at least 4 members (excludes halogenated alkanes) is 1. The minimum absolute atomic E-state index is 0.246. The van der Waals surface area contributed by atoms with Crippen LogP contribution in [-0.4, -0.2) is 22.3 Å². The van der Waals surface area contributed by atoms with Crippen LogP contribution >= 0.6 is 0 Å². The molecule has 3 nitrogen and oxygen atoms in total. The molecule has 0 heterocycles. The van der Waals surface area contributed by atoms with Crippen LogP contribution in [0.2, 0.25) is 0 Å². The van der Waals surface area contributed by atoms with Crippen molar-refractivity contribution in [1.29, 1.82) is 0 Å². The number of rotatable bonds is 13. The van der Waals surface area contributed by atoms with Gasteiger partial charge in [-0.25, -0.2) is 0 Å². The van der Waals surface area contributed by atoms with E-state index in [0.717, 1.165) is 32.1 Å². The molecule has 0 radical (unpaired) electrons. The number of hydrogen-bond acceptors (Lipinski definition) is 2. The van der Waals surface area contributed by atoms with E-state index in [1.807, 2.05) is 12.2 Å². The zero-order valence-corrected chi connectivity index (χ0v) is 14.1. The highest BCUT2D eigenvalue weighted by Gasteiger charge is 1.92. The molecular formula is C20H30O3. The standard InChI is InChI=1S/C20H30O3/c1-19(21)17-15-13-11-9-7-5-3-2-4-6-8-10-12-14-16-18-20(22)23/h3-6,9-12,15,17,19,21H,2,7-8,13-14,16,18H2,1H3,(H,22,23)/b5-3-,6-4-,11-9-,12-10-,17-15-. The number of aliphatic hydroxyl groups is 1. The summed E-state index contributed by atoms with van der Waals surface area (Å²) in [5.41, 5.74) is 0. The Hall–Kier alpha value is -1.87. The van der Waals surface area contributed by atoms with Crippen molar-refractivity contribution in [3.05, 3.63) is 60.8 Å². The van der Waals surface area contributed by atoms with Crippen molar-refractivity contribution in [3.63, 3.8) is 0 Å². The largest absolute Gasteiger partial charge is 0.481 e. The number of carbonyl (C=O) groups is 1. The van der Waals surface area contributed by atoms with Gasteiger partial charge in [-0.05, 0) is 45.4 Å². The summed E-state index contributed by atoms with van der Waals surface area (Å²) in [6.45, 7) is 1.74. The van der Waals surface area contributed by atoms with E-state index >= 15 is 0 Å². The number of hydrogen-bond donors (Lipinski definition) is 2. The average Bonchev–Trinajstić information content (AvgIpc) is 2.49. The van der Waals surface area contributed by atoms with Crippen molar-refractivity contribution >= 4 is 5.97 Å². The summed E-state index contributed by atoms with van der Waals surface area (Å²) in [4.78, 5) is 10.3. The van der Waals surface area contributed by atoms with Crippen LogP contribution < -0.4 is 0 Å². The first kappa shape index (κ1) is 21.1. The minimum Gasteiger partial charge on any atom is -0.481 e. The van der Waals surface area contributed by atoms with Crippen molar-refractivity contribution < 1.29 is 15.0 Å². The Bertz CT molecular complexity index is 426. The first-order valence-electron chi connectivity index (χ1n) is 8.29. The monoisotopic (exact) mass is 318 g/mol. The van der Waals surface area contributed by atoms with Crippen LogP contribution in [0.3, 0.4) is 0 Å². The van der Waals surface area contributed by atoms with E-state index in [4.69, 9.17) is 10.2 Å². The fourth-order valence-corrected chi connectivity index (χ4v) is 1.75. The number of carboxylic acids is 1. The third kappa shape index (κ3) is 20.1. The molecule has 1 atom stereocenters. The Labute approximate surface area is 140 Å². The third-order valence-electron chi connectivity index (χ3n) is 2.93. The van der Waals surface area contributed by atoms with Crippen molar-refractivity contribution in [1.82, 2.24) is 0 Å². The van der Waals surface area contributed by atoms with Crippen LogP contribution in [0, 0.1) is 0 Å². The normalized spacial score (nSPS) is 14.2. The second-order valence-electron chi connectivity index (χ2n) is 5.28. The molecule has 0 amide bonds. The van der Waals surface area contributed by atoms with E-state index in [1.165, 1.54) is 0 Å². The molecule has 1 unspecified atom stereocenters. The molecule has 23 heavy (non-hydrogen) atoms. The summed E-state index contributed by atoms with van der Waals surface area (Å²) in [5, 5.41) is 17.5. The van der Waals surface area contributed by atoms with E-state index < -0.39 is 5.97 Å². The van der Waals surface area contributed by atoms with Gasteiger partial charge in [0, 0.05) is 6.42 Å². The summed E-state index contributed by atoms with van der Waals surface area (Å²) in [6.07, 6.45) is 25.6. The van der Waals surface area contributed by atoms with E-state index in [1.54, 1.807) is 13.0 Å². The van der Waals surface area contributed by atoms with Gasteiger partial charge < -0.3 is 10.2 Å². The maximum Gasteiger partial charge on any atom is 0.303 e. The highest BCUT2D eigenvalue weighted by molar-refractivity contribution is 5.66. The van der Waals surface area contributed by atoms with Gasteiger partial charge >= 0.3 is 5.97 Å². The third-order valence-corrected chi connectivity index (χ3v) is 2.93. The number of aliphatic hydroxyl groups excluding tert-OH is 1. The summed E-state index contributed by atoms with van der Waals surface area (Å²) < 4.78 is 0. The number of carboxylic acid groups (broad SMARTS) is 1. The Kier molecular flexibility index (Phi) is 15.2. The van der Waals surface area contributed by atoms with Gasteiger partial charge in [0.05, 0.1) is 6.10 Å². The van der Waals surface area contributed by atoms with Crippen molar-refractivity contribution in [3.8, 4) is 0 Å². The van der Waals surface area contributed by atoms with Crippen LogP contribution in [0.4, 0.5) is 0 Å². The molecule has 0 saturated carbocycles. The lowest BCUT2D eigenvalue weighted by Gasteiger charge is -1.90. The van der Waals surface area contributed by atoms with Gasteiger partial charge in [0.2, 0.25) is 0 Å². The topological polar surface area (TPSA) is 57.5 Å². The molecule has 0 aromatic carbocycles. The summed E-state index contributed by atoms with van der Waals surface area (Å²) in [7, 11) is 0. The first-order valence-corrected chi connectivity index (χ1v) is 8.29. The van der Waals surface area contributed by atoms with E-state index in [9.17, 15) is 4.79 Å². The SMILES string of the molecule is CC(O)/C=C\C/C=C\C/C=C\C/C=C\C/C=C\CCCC(=O)O. The molecule has 0 aliphatic carbocycles. The molecule has 0 fully saturated rings. The van der Waals surface area contributed by atoms with Crippen molar-refractivity contribution in [2.75, 3.05) is 0 Å². The number of allylic oxidation sites excluding steroid dienone is 9. The summed E-state index contributed by atoms with van der Waals surface area (Å²) in [6, 6.07) is 0. The van der Waals surface area contributed by atoms with E-state index in [0.29, 0.717) is 6.42 Å². The fraction of sp³-hybridized carbons (Fsp3) is 0.450. The maximum atomic E-state index is 10.3. The molecule has 0 rings (SSSR count). The Morgan fingerprint density at radius 3 is 1.70 bits per heavy atom. The zero-order chi connectivity index (χ0) is 17.2. The predicted octanol–water partition coefficient (Wildman–Crippen LogP) is 4.96. The molecular weight excluding hydrogens is 288 g/mol. The van der Waals surface area contributed by atoms with Gasteiger partial charge in [-0.1, -0.05) is 60.8 Å². The van der Waals surface area contributed by atoms with Crippen LogP contribution in [0.25, 0.3) is 0 Å². The van der Waals surface area contributed by atoms with Gasteiger partial charge in [0.15, 0.2) is 0 Å². The van der Waals surface area contributed by atoms with Crippen LogP contribution in [0.15, 0.2) is 60.8 Å². The second-order valence-corrected chi connectivity index (χ2v) is 5.28. The molecule has 128 valence electrons. The summed E-state index contributed by atoms with van der Waals surface area (Å²) >= 11 is 0. The highest BCUT2D eigenvalue weighted by Crippen LogP contribution is 1.99. The van der Waals surface area contributed by atoms with Gasteiger partial charge in [-0.3, -0.25) is 4.79 Å². The van der Waals surface area contributed by atoms with Crippen LogP contribution in [0.5, 0.6) is 0 Å². The highest BCUT2D eigenvalue weighted by atomic mass is 16.4. The molecule has 0 aromatic heterocycles. The lowest BCUT2D eigenvalue weighted by Crippen LogP contribution is -1.92. The summed E-state index contributed by atoms with van der Waals surface area (Å²) in [5.74, 6) is -0.726. The van der Waals surface area contributed by atoms with E-state index in [2.05, 4.69) is 42.5 Å².